The number of ether oxygens (including phenoxy) is 1. The van der Waals surface area contributed by atoms with Gasteiger partial charge in [-0.2, -0.15) is 0 Å². The summed E-state index contributed by atoms with van der Waals surface area (Å²) in [5.41, 5.74) is 7.19. The van der Waals surface area contributed by atoms with Crippen LogP contribution in [0.25, 0.3) is 0 Å². The molecule has 0 spiro atoms. The van der Waals surface area contributed by atoms with Gasteiger partial charge in [0, 0.05) is 19.1 Å². The minimum Gasteiger partial charge on any atom is -0.367 e. The lowest BCUT2D eigenvalue weighted by Gasteiger charge is -2.18. The normalized spacial score (nSPS) is 27.3. The first-order valence-corrected chi connectivity index (χ1v) is 7.39. The highest BCUT2D eigenvalue weighted by atomic mass is 35.5. The lowest BCUT2D eigenvalue weighted by molar-refractivity contribution is -0.135. The summed E-state index contributed by atoms with van der Waals surface area (Å²) in [7, 11) is 0. The molecule has 3 unspecified atom stereocenters. The fourth-order valence-corrected chi connectivity index (χ4v) is 3.43. The van der Waals surface area contributed by atoms with E-state index < -0.39 is 0 Å². The van der Waals surface area contributed by atoms with Crippen LogP contribution in [0.4, 0.5) is 0 Å². The van der Waals surface area contributed by atoms with Crippen LogP contribution in [-0.2, 0) is 16.1 Å². The molecule has 3 rings (SSSR count). The topological polar surface area (TPSA) is 55.6 Å². The third kappa shape index (κ3) is 3.76. The monoisotopic (exact) mass is 310 g/mol. The van der Waals surface area contributed by atoms with Gasteiger partial charge >= 0.3 is 0 Å². The molecule has 21 heavy (non-hydrogen) atoms. The Bertz CT molecular complexity index is 469. The summed E-state index contributed by atoms with van der Waals surface area (Å²) in [5, 5.41) is 0. The van der Waals surface area contributed by atoms with E-state index in [0.717, 1.165) is 25.1 Å². The molecular weight excluding hydrogens is 288 g/mol. The van der Waals surface area contributed by atoms with Gasteiger partial charge < -0.3 is 15.4 Å². The maximum absolute atomic E-state index is 12.1. The number of nitrogens with two attached hydrogens (primary N) is 1. The zero-order valence-electron chi connectivity index (χ0n) is 12.1. The predicted molar refractivity (Wildman–Crippen MR) is 84.1 cm³/mol. The number of nitrogens with zero attached hydrogens (tertiary/aromatic N) is 1. The van der Waals surface area contributed by atoms with Gasteiger partial charge in [-0.25, -0.2) is 0 Å². The van der Waals surface area contributed by atoms with Crippen molar-refractivity contribution in [3.63, 3.8) is 0 Å². The largest absolute Gasteiger partial charge is 0.367 e. The highest BCUT2D eigenvalue weighted by molar-refractivity contribution is 5.85. The maximum Gasteiger partial charge on any atom is 0.248 e. The molecule has 1 aliphatic heterocycles. The van der Waals surface area contributed by atoms with Crippen LogP contribution in [0, 0.1) is 11.8 Å². The summed E-state index contributed by atoms with van der Waals surface area (Å²) in [6.07, 6.45) is 2.28. The molecule has 5 heteroatoms. The Kier molecular flexibility index (Phi) is 5.62. The maximum atomic E-state index is 12.1. The number of fused-ring (bicyclic) bond motifs is 1. The van der Waals surface area contributed by atoms with Gasteiger partial charge in [0.2, 0.25) is 5.91 Å². The van der Waals surface area contributed by atoms with Gasteiger partial charge in [-0.15, -0.1) is 12.4 Å². The Balaban J connectivity index is 0.00000161. The van der Waals surface area contributed by atoms with E-state index in [1.807, 2.05) is 35.2 Å². The molecule has 0 radical (unpaired) electrons. The summed E-state index contributed by atoms with van der Waals surface area (Å²) < 4.78 is 5.52. The molecule has 1 aliphatic carbocycles. The van der Waals surface area contributed by atoms with Crippen LogP contribution >= 0.6 is 12.4 Å². The molecular formula is C16H23ClN2O2. The summed E-state index contributed by atoms with van der Waals surface area (Å²) in [6.45, 7) is 2.35. The molecule has 0 aromatic heterocycles. The van der Waals surface area contributed by atoms with Crippen molar-refractivity contribution < 1.29 is 9.53 Å². The minimum absolute atomic E-state index is 0. The average Bonchev–Trinajstić information content (AvgIpc) is 3.03. The molecule has 2 fully saturated rings. The SMILES string of the molecule is Cl.NC1CCC2CN(C(=O)COCc3ccccc3)CC12. The van der Waals surface area contributed by atoms with Crippen molar-refractivity contribution >= 4 is 18.3 Å². The number of hydrogen-bond acceptors (Lipinski definition) is 3. The first-order chi connectivity index (χ1) is 9.74. The first kappa shape index (κ1) is 16.3. The van der Waals surface area contributed by atoms with Crippen LogP contribution in [0.5, 0.6) is 0 Å². The van der Waals surface area contributed by atoms with Crippen molar-refractivity contribution in [3.8, 4) is 0 Å². The van der Waals surface area contributed by atoms with Crippen LogP contribution in [0.3, 0.4) is 0 Å². The number of carbonyl (C=O) groups excluding carboxylic acids is 1. The summed E-state index contributed by atoms with van der Waals surface area (Å²) >= 11 is 0. The van der Waals surface area contributed by atoms with Crippen molar-refractivity contribution in [2.75, 3.05) is 19.7 Å². The molecule has 1 saturated carbocycles. The predicted octanol–water partition coefficient (Wildman–Crippen LogP) is 1.82. The second-order valence-corrected chi connectivity index (χ2v) is 5.94. The van der Waals surface area contributed by atoms with Crippen LogP contribution in [0.15, 0.2) is 30.3 Å². The average molecular weight is 311 g/mol. The van der Waals surface area contributed by atoms with Gasteiger partial charge in [0.1, 0.15) is 6.61 Å². The fourth-order valence-electron chi connectivity index (χ4n) is 3.43. The Morgan fingerprint density at radius 1 is 1.24 bits per heavy atom. The zero-order chi connectivity index (χ0) is 13.9. The molecule has 1 heterocycles. The second-order valence-electron chi connectivity index (χ2n) is 5.94. The number of benzene rings is 1. The van der Waals surface area contributed by atoms with E-state index in [9.17, 15) is 4.79 Å². The number of likely N-dealkylation sites (tertiary alicyclic amines) is 1. The first-order valence-electron chi connectivity index (χ1n) is 7.39. The van der Waals surface area contributed by atoms with E-state index in [1.165, 1.54) is 6.42 Å². The van der Waals surface area contributed by atoms with Crippen LogP contribution < -0.4 is 5.73 Å². The van der Waals surface area contributed by atoms with Crippen LogP contribution in [0.2, 0.25) is 0 Å². The van der Waals surface area contributed by atoms with Gasteiger partial charge in [0.05, 0.1) is 6.61 Å². The quantitative estimate of drug-likeness (QED) is 0.923. The number of rotatable bonds is 4. The Labute approximate surface area is 132 Å². The third-order valence-corrected chi connectivity index (χ3v) is 4.60. The van der Waals surface area contributed by atoms with Crippen molar-refractivity contribution in [2.45, 2.75) is 25.5 Å². The standard InChI is InChI=1S/C16H22N2O2.ClH/c17-15-7-6-13-8-18(9-14(13)15)16(19)11-20-10-12-4-2-1-3-5-12;/h1-5,13-15H,6-11,17H2;1H. The molecule has 2 aliphatic rings. The lowest BCUT2D eigenvalue weighted by atomic mass is 9.98. The molecule has 1 aromatic rings. The summed E-state index contributed by atoms with van der Waals surface area (Å²) in [6, 6.07) is 10.2. The van der Waals surface area contributed by atoms with Crippen molar-refractivity contribution in [1.82, 2.24) is 4.90 Å². The van der Waals surface area contributed by atoms with Crippen molar-refractivity contribution in [3.05, 3.63) is 35.9 Å². The van der Waals surface area contributed by atoms with Gasteiger partial charge in [-0.3, -0.25) is 4.79 Å². The van der Waals surface area contributed by atoms with Gasteiger partial charge in [0.15, 0.2) is 0 Å². The molecule has 116 valence electrons. The minimum atomic E-state index is 0. The zero-order valence-corrected chi connectivity index (χ0v) is 12.9. The second kappa shape index (κ2) is 7.25. The summed E-state index contributed by atoms with van der Waals surface area (Å²) in [4.78, 5) is 14.1. The van der Waals surface area contributed by atoms with Gasteiger partial charge in [0.25, 0.3) is 0 Å². The van der Waals surface area contributed by atoms with Gasteiger partial charge in [-0.05, 0) is 30.2 Å². The van der Waals surface area contributed by atoms with E-state index in [0.29, 0.717) is 18.4 Å². The van der Waals surface area contributed by atoms with Crippen LogP contribution in [-0.4, -0.2) is 36.5 Å². The van der Waals surface area contributed by atoms with E-state index >= 15 is 0 Å². The number of amides is 1. The lowest BCUT2D eigenvalue weighted by Crippen LogP contribution is -2.35. The van der Waals surface area contributed by atoms with Crippen molar-refractivity contribution in [1.29, 1.82) is 0 Å². The summed E-state index contributed by atoms with van der Waals surface area (Å²) in [5.74, 6) is 1.22. The smallest absolute Gasteiger partial charge is 0.248 e. The number of hydrogen-bond donors (Lipinski definition) is 1. The van der Waals surface area contributed by atoms with Gasteiger partial charge in [-0.1, -0.05) is 30.3 Å². The molecule has 1 aromatic carbocycles. The molecule has 4 nitrogen and oxygen atoms in total. The van der Waals surface area contributed by atoms with Crippen molar-refractivity contribution in [2.24, 2.45) is 17.6 Å². The molecule has 3 atom stereocenters. The Morgan fingerprint density at radius 2 is 2.00 bits per heavy atom. The highest BCUT2D eigenvalue weighted by Gasteiger charge is 2.42. The van der Waals surface area contributed by atoms with Crippen LogP contribution in [0.1, 0.15) is 18.4 Å². The van der Waals surface area contributed by atoms with E-state index in [1.54, 1.807) is 0 Å². The third-order valence-electron chi connectivity index (χ3n) is 4.60. The number of carbonyl (C=O) groups is 1. The molecule has 2 N–H and O–H groups in total. The molecule has 1 saturated heterocycles. The molecule has 0 bridgehead atoms. The van der Waals surface area contributed by atoms with E-state index in [2.05, 4.69) is 0 Å². The van der Waals surface area contributed by atoms with E-state index in [4.69, 9.17) is 10.5 Å². The fraction of sp³-hybridized carbons (Fsp3) is 0.562. The number of halogens is 1. The molecule has 1 amide bonds. The van der Waals surface area contributed by atoms with E-state index in [-0.39, 0.29) is 31.0 Å². The Hall–Kier alpha value is -1.10. The highest BCUT2D eigenvalue weighted by Crippen LogP contribution is 2.37. The Morgan fingerprint density at radius 3 is 2.71 bits per heavy atom.